The molecule has 0 aliphatic rings. The van der Waals surface area contributed by atoms with E-state index in [1.807, 2.05) is 59.4 Å². The van der Waals surface area contributed by atoms with Crippen LogP contribution in [-0.2, 0) is 0 Å². The Morgan fingerprint density at radius 1 is 1.26 bits per heavy atom. The first-order chi connectivity index (χ1) is 9.25. The Morgan fingerprint density at radius 3 is 2.79 bits per heavy atom. The predicted molar refractivity (Wildman–Crippen MR) is 78.3 cm³/mol. The van der Waals surface area contributed by atoms with Gasteiger partial charge in [-0.25, -0.2) is 5.43 Å². The lowest BCUT2D eigenvalue weighted by Crippen LogP contribution is -2.25. The molecule has 0 bridgehead atoms. The molecule has 0 saturated heterocycles. The Balaban J connectivity index is 2.00. The molecule has 2 aromatic rings. The van der Waals surface area contributed by atoms with E-state index in [2.05, 4.69) is 10.5 Å². The average Bonchev–Trinajstić information content (AvgIpc) is 2.88. The maximum absolute atomic E-state index is 6.92. The first-order valence-electron chi connectivity index (χ1n) is 5.79. The van der Waals surface area contributed by atoms with Crippen LogP contribution < -0.4 is 11.2 Å². The van der Waals surface area contributed by atoms with Gasteiger partial charge >= 0.3 is 0 Å². The van der Waals surface area contributed by atoms with Crippen molar-refractivity contribution in [2.75, 3.05) is 0 Å². The normalized spacial score (nSPS) is 11.2. The molecule has 5 heteroatoms. The molecule has 0 spiro atoms. The SMILES string of the molecule is N=C(N)N/N=C/C=C/c1ccn(-c2ccccc2)c1. The van der Waals surface area contributed by atoms with Crippen LogP contribution in [0.3, 0.4) is 0 Å². The molecule has 0 radical (unpaired) electrons. The van der Waals surface area contributed by atoms with Crippen molar-refractivity contribution in [3.63, 3.8) is 0 Å². The van der Waals surface area contributed by atoms with E-state index in [-0.39, 0.29) is 5.96 Å². The number of allylic oxidation sites excluding steroid dienone is 1. The van der Waals surface area contributed by atoms with E-state index in [9.17, 15) is 0 Å². The minimum absolute atomic E-state index is 0.181. The number of nitrogens with two attached hydrogens (primary N) is 1. The highest BCUT2D eigenvalue weighted by Crippen LogP contribution is 2.11. The average molecular weight is 253 g/mol. The summed E-state index contributed by atoms with van der Waals surface area (Å²) in [5.74, 6) is -0.181. The molecule has 19 heavy (non-hydrogen) atoms. The van der Waals surface area contributed by atoms with Crippen LogP contribution in [0, 0.1) is 5.41 Å². The molecule has 5 nitrogen and oxygen atoms in total. The van der Waals surface area contributed by atoms with Gasteiger partial charge in [0, 0.05) is 24.3 Å². The zero-order valence-electron chi connectivity index (χ0n) is 10.3. The summed E-state index contributed by atoms with van der Waals surface area (Å²) in [6.45, 7) is 0. The summed E-state index contributed by atoms with van der Waals surface area (Å²) in [4.78, 5) is 0. The van der Waals surface area contributed by atoms with Gasteiger partial charge in [0.2, 0.25) is 5.96 Å². The number of para-hydroxylation sites is 1. The Kier molecular flexibility index (Phi) is 4.12. The number of aromatic nitrogens is 1. The van der Waals surface area contributed by atoms with Crippen molar-refractivity contribution in [2.24, 2.45) is 10.8 Å². The molecule has 2 rings (SSSR count). The lowest BCUT2D eigenvalue weighted by molar-refractivity contribution is 1.00. The van der Waals surface area contributed by atoms with Crippen molar-refractivity contribution in [3.05, 3.63) is 60.4 Å². The summed E-state index contributed by atoms with van der Waals surface area (Å²) in [6, 6.07) is 12.1. The molecule has 1 aromatic carbocycles. The molecule has 0 aliphatic carbocycles. The van der Waals surface area contributed by atoms with Gasteiger partial charge in [-0.1, -0.05) is 24.3 Å². The van der Waals surface area contributed by atoms with E-state index in [1.54, 1.807) is 12.3 Å². The number of rotatable bonds is 4. The van der Waals surface area contributed by atoms with Crippen LogP contribution in [0.15, 0.2) is 60.0 Å². The van der Waals surface area contributed by atoms with Crippen LogP contribution >= 0.6 is 0 Å². The second kappa shape index (κ2) is 6.20. The number of guanidine groups is 1. The van der Waals surface area contributed by atoms with Gasteiger partial charge in [0.1, 0.15) is 0 Å². The molecular weight excluding hydrogens is 238 g/mol. The summed E-state index contributed by atoms with van der Waals surface area (Å²) < 4.78 is 2.05. The second-order valence-electron chi connectivity index (χ2n) is 3.85. The van der Waals surface area contributed by atoms with Crippen molar-refractivity contribution in [3.8, 4) is 5.69 Å². The van der Waals surface area contributed by atoms with Crippen LogP contribution in [0.4, 0.5) is 0 Å². The maximum Gasteiger partial charge on any atom is 0.206 e. The van der Waals surface area contributed by atoms with Crippen LogP contribution in [0.1, 0.15) is 5.56 Å². The van der Waals surface area contributed by atoms with Gasteiger partial charge in [0.25, 0.3) is 0 Å². The summed E-state index contributed by atoms with van der Waals surface area (Å²) in [5.41, 5.74) is 9.61. The molecule has 0 aliphatic heterocycles. The third-order valence-electron chi connectivity index (χ3n) is 2.40. The van der Waals surface area contributed by atoms with Gasteiger partial charge in [-0.15, -0.1) is 0 Å². The van der Waals surface area contributed by atoms with Crippen molar-refractivity contribution in [1.29, 1.82) is 5.41 Å². The largest absolute Gasteiger partial charge is 0.369 e. The van der Waals surface area contributed by atoms with E-state index < -0.39 is 0 Å². The fraction of sp³-hybridized carbons (Fsp3) is 0. The van der Waals surface area contributed by atoms with Crippen LogP contribution in [-0.4, -0.2) is 16.7 Å². The summed E-state index contributed by atoms with van der Waals surface area (Å²) in [7, 11) is 0. The molecular formula is C14H15N5. The third kappa shape index (κ3) is 3.85. The molecule has 1 aromatic heterocycles. The highest BCUT2D eigenvalue weighted by atomic mass is 15.3. The number of nitrogens with one attached hydrogen (secondary N) is 2. The van der Waals surface area contributed by atoms with Crippen molar-refractivity contribution >= 4 is 18.3 Å². The lowest BCUT2D eigenvalue weighted by Gasteiger charge is -2.00. The van der Waals surface area contributed by atoms with Crippen molar-refractivity contribution < 1.29 is 0 Å². The minimum atomic E-state index is -0.181. The maximum atomic E-state index is 6.92. The molecule has 4 N–H and O–H groups in total. The van der Waals surface area contributed by atoms with Gasteiger partial charge in [-0.3, -0.25) is 5.41 Å². The van der Waals surface area contributed by atoms with Gasteiger partial charge < -0.3 is 10.3 Å². The Bertz CT molecular complexity index is 595. The molecule has 96 valence electrons. The standard InChI is InChI=1S/C14H15N5/c15-14(16)18-17-9-4-5-12-8-10-19(11-12)13-6-2-1-3-7-13/h1-11H,(H4,15,16,18)/b5-4+,17-9+. The minimum Gasteiger partial charge on any atom is -0.369 e. The predicted octanol–water partition coefficient (Wildman–Crippen LogP) is 1.96. The van der Waals surface area contributed by atoms with Crippen molar-refractivity contribution in [1.82, 2.24) is 9.99 Å². The quantitative estimate of drug-likeness (QED) is 0.442. The fourth-order valence-corrected chi connectivity index (χ4v) is 1.58. The number of nitrogens with zero attached hydrogens (tertiary/aromatic N) is 2. The van der Waals surface area contributed by atoms with Crippen LogP contribution in [0.25, 0.3) is 11.8 Å². The van der Waals surface area contributed by atoms with E-state index in [0.717, 1.165) is 11.3 Å². The Hall–Kier alpha value is -2.82. The molecule has 0 unspecified atom stereocenters. The first kappa shape index (κ1) is 12.6. The van der Waals surface area contributed by atoms with Gasteiger partial charge in [0.05, 0.1) is 0 Å². The number of hydrogen-bond acceptors (Lipinski definition) is 2. The van der Waals surface area contributed by atoms with Crippen molar-refractivity contribution in [2.45, 2.75) is 0 Å². The molecule has 0 saturated carbocycles. The third-order valence-corrected chi connectivity index (χ3v) is 2.40. The summed E-state index contributed by atoms with van der Waals surface area (Å²) >= 11 is 0. The van der Waals surface area contributed by atoms with Crippen LogP contribution in [0.5, 0.6) is 0 Å². The topological polar surface area (TPSA) is 79.2 Å². The molecule has 0 fully saturated rings. The summed E-state index contributed by atoms with van der Waals surface area (Å²) in [5, 5.41) is 10.7. The highest BCUT2D eigenvalue weighted by Gasteiger charge is 1.95. The highest BCUT2D eigenvalue weighted by molar-refractivity contribution is 5.80. The number of benzene rings is 1. The zero-order chi connectivity index (χ0) is 13.5. The second-order valence-corrected chi connectivity index (χ2v) is 3.85. The lowest BCUT2D eigenvalue weighted by atomic mass is 10.3. The van der Waals surface area contributed by atoms with E-state index >= 15 is 0 Å². The number of hydrogen-bond donors (Lipinski definition) is 3. The van der Waals surface area contributed by atoms with Gasteiger partial charge in [-0.05, 0) is 29.8 Å². The smallest absolute Gasteiger partial charge is 0.206 e. The summed E-state index contributed by atoms with van der Waals surface area (Å²) in [6.07, 6.45) is 9.27. The molecule has 0 atom stereocenters. The monoisotopic (exact) mass is 253 g/mol. The molecule has 1 heterocycles. The van der Waals surface area contributed by atoms with E-state index in [4.69, 9.17) is 11.1 Å². The van der Waals surface area contributed by atoms with Gasteiger partial charge in [0.15, 0.2) is 0 Å². The fourth-order valence-electron chi connectivity index (χ4n) is 1.58. The van der Waals surface area contributed by atoms with Gasteiger partial charge in [-0.2, -0.15) is 5.10 Å². The van der Waals surface area contributed by atoms with E-state index in [0.29, 0.717) is 0 Å². The van der Waals surface area contributed by atoms with Crippen LogP contribution in [0.2, 0.25) is 0 Å². The Morgan fingerprint density at radius 2 is 2.05 bits per heavy atom. The first-order valence-corrected chi connectivity index (χ1v) is 5.79. The molecule has 0 amide bonds. The number of hydrazone groups is 1. The van der Waals surface area contributed by atoms with E-state index in [1.165, 1.54) is 0 Å². The Labute approximate surface area is 111 Å². The zero-order valence-corrected chi connectivity index (χ0v) is 10.3.